The van der Waals surface area contributed by atoms with Crippen LogP contribution >= 0.6 is 0 Å². The van der Waals surface area contributed by atoms with Crippen molar-refractivity contribution in [2.24, 2.45) is 0 Å². The van der Waals surface area contributed by atoms with Crippen molar-refractivity contribution in [1.82, 2.24) is 0 Å². The molecule has 4 aliphatic carbocycles. The number of allylic oxidation sites excluding steroid dienone is 2. The summed E-state index contributed by atoms with van der Waals surface area (Å²) in [4.78, 5) is 2.62. The van der Waals surface area contributed by atoms with Gasteiger partial charge in [0.05, 0.1) is 17.1 Å². The molecule has 0 bridgehead atoms. The summed E-state index contributed by atoms with van der Waals surface area (Å²) in [6, 6.07) is 60.9. The third-order valence-electron chi connectivity index (χ3n) is 13.1. The molecule has 2 nitrogen and oxygen atoms in total. The van der Waals surface area contributed by atoms with E-state index >= 15 is 0 Å². The van der Waals surface area contributed by atoms with Gasteiger partial charge in [-0.15, -0.1) is 0 Å². The maximum atomic E-state index is 6.86. The predicted molar refractivity (Wildman–Crippen MR) is 227 cm³/mol. The van der Waals surface area contributed by atoms with E-state index in [4.69, 9.17) is 4.42 Å². The van der Waals surface area contributed by atoms with E-state index in [0.29, 0.717) is 0 Å². The number of anilines is 2. The summed E-state index contributed by atoms with van der Waals surface area (Å²) < 4.78 is 6.86. The van der Waals surface area contributed by atoms with Gasteiger partial charge in [0, 0.05) is 16.5 Å². The molecular formula is C53H39NO. The number of fused-ring (bicyclic) bond motifs is 13. The summed E-state index contributed by atoms with van der Waals surface area (Å²) in [5.74, 6) is 0. The number of nitrogens with zero attached hydrogens (tertiary/aromatic N) is 1. The molecule has 1 heterocycles. The first kappa shape index (κ1) is 31.0. The molecule has 8 aromatic rings. The van der Waals surface area contributed by atoms with Crippen molar-refractivity contribution in [2.45, 2.75) is 43.6 Å². The largest absolute Gasteiger partial charge is 0.454 e. The van der Waals surface area contributed by atoms with Crippen molar-refractivity contribution >= 4 is 44.5 Å². The summed E-state index contributed by atoms with van der Waals surface area (Å²) in [7, 11) is 0. The lowest BCUT2D eigenvalue weighted by molar-refractivity contribution is 0.652. The van der Waals surface area contributed by atoms with E-state index in [9.17, 15) is 0 Å². The lowest BCUT2D eigenvalue weighted by atomic mass is 9.66. The van der Waals surface area contributed by atoms with E-state index in [1.165, 1.54) is 79.6 Å². The van der Waals surface area contributed by atoms with Crippen LogP contribution in [0.4, 0.5) is 11.4 Å². The Labute approximate surface area is 321 Å². The number of hydrogen-bond donors (Lipinski definition) is 0. The van der Waals surface area contributed by atoms with Gasteiger partial charge >= 0.3 is 0 Å². The predicted octanol–water partition coefficient (Wildman–Crippen LogP) is 13.2. The molecule has 1 unspecified atom stereocenters. The topological polar surface area (TPSA) is 16.4 Å². The number of furan rings is 1. The molecule has 0 saturated carbocycles. The molecule has 2 heteroatoms. The van der Waals surface area contributed by atoms with Crippen molar-refractivity contribution < 1.29 is 4.42 Å². The van der Waals surface area contributed by atoms with E-state index in [1.54, 1.807) is 0 Å². The van der Waals surface area contributed by atoms with Crippen LogP contribution in [-0.4, -0.2) is 6.04 Å². The Balaban J connectivity index is 1.18. The Kier molecular flexibility index (Phi) is 6.66. The van der Waals surface area contributed by atoms with Crippen LogP contribution in [0.3, 0.4) is 0 Å². The van der Waals surface area contributed by atoms with Gasteiger partial charge in [-0.3, -0.25) is 0 Å². The lowest BCUT2D eigenvalue weighted by Gasteiger charge is -2.42. The average Bonchev–Trinajstić information content (AvgIpc) is 3.88. The van der Waals surface area contributed by atoms with Crippen molar-refractivity contribution in [3.05, 3.63) is 214 Å². The van der Waals surface area contributed by atoms with Gasteiger partial charge in [-0.2, -0.15) is 0 Å². The van der Waals surface area contributed by atoms with Gasteiger partial charge in [0.15, 0.2) is 5.58 Å². The van der Waals surface area contributed by atoms with E-state index in [-0.39, 0.29) is 11.5 Å². The van der Waals surface area contributed by atoms with Crippen LogP contribution in [-0.2, 0) is 18.3 Å². The smallest absolute Gasteiger partial charge is 0.159 e. The van der Waals surface area contributed by atoms with Gasteiger partial charge in [-0.05, 0) is 129 Å². The summed E-state index contributed by atoms with van der Waals surface area (Å²) >= 11 is 0. The Bertz CT molecular complexity index is 2880. The summed E-state index contributed by atoms with van der Waals surface area (Å²) in [6.07, 6.45) is 8.22. The standard InChI is InChI=1S/C53H39NO/c1-2-18-35(19-3-1)54(49-30-15-26-42-41-24-9-13-31-51(41)55-52(42)49)50-33-48-43(32-44(50)37-25-14-17-34-16-4-5-20-36(34)37)40-23-8-12-29-47(40)53(48)45-27-10-6-21-38(45)39-22-7-11-28-46(39)53/h1-3,6-15,17-19,21-32,50H,4-5,16,20,33H2. The van der Waals surface area contributed by atoms with Crippen LogP contribution in [0.1, 0.15) is 58.2 Å². The zero-order valence-electron chi connectivity index (χ0n) is 30.6. The van der Waals surface area contributed by atoms with Crippen LogP contribution in [0.15, 0.2) is 180 Å². The molecule has 0 saturated heterocycles. The Morgan fingerprint density at radius 2 is 1.15 bits per heavy atom. The highest BCUT2D eigenvalue weighted by Gasteiger charge is 2.54. The highest BCUT2D eigenvalue weighted by molar-refractivity contribution is 6.10. The second kappa shape index (κ2) is 11.8. The van der Waals surface area contributed by atoms with E-state index in [0.717, 1.165) is 52.6 Å². The summed E-state index contributed by atoms with van der Waals surface area (Å²) in [5.41, 5.74) is 20.7. The number of rotatable bonds is 4. The zero-order valence-corrected chi connectivity index (χ0v) is 30.6. The third-order valence-corrected chi connectivity index (χ3v) is 13.1. The van der Waals surface area contributed by atoms with Crippen LogP contribution < -0.4 is 4.90 Å². The molecule has 0 amide bonds. The van der Waals surface area contributed by atoms with Crippen LogP contribution in [0.25, 0.3) is 44.2 Å². The molecule has 0 N–H and O–H groups in total. The summed E-state index contributed by atoms with van der Waals surface area (Å²) in [5, 5.41) is 2.30. The molecule has 1 aromatic heterocycles. The lowest BCUT2D eigenvalue weighted by Crippen LogP contribution is -2.38. The van der Waals surface area contributed by atoms with Gasteiger partial charge < -0.3 is 9.32 Å². The Morgan fingerprint density at radius 1 is 0.527 bits per heavy atom. The van der Waals surface area contributed by atoms with Gasteiger partial charge in [-0.25, -0.2) is 0 Å². The molecule has 262 valence electrons. The minimum atomic E-state index is -0.386. The molecule has 55 heavy (non-hydrogen) atoms. The van der Waals surface area contributed by atoms with Gasteiger partial charge in [0.2, 0.25) is 0 Å². The quantitative estimate of drug-likeness (QED) is 0.181. The Hall–Kier alpha value is -6.38. The van der Waals surface area contributed by atoms with E-state index in [2.05, 4.69) is 175 Å². The van der Waals surface area contributed by atoms with Crippen molar-refractivity contribution in [3.8, 4) is 11.1 Å². The normalized spacial score (nSPS) is 17.5. The van der Waals surface area contributed by atoms with Crippen LogP contribution in [0.2, 0.25) is 0 Å². The molecule has 0 aliphatic heterocycles. The highest BCUT2D eigenvalue weighted by atomic mass is 16.3. The average molecular weight is 706 g/mol. The third kappa shape index (κ3) is 4.25. The van der Waals surface area contributed by atoms with Gasteiger partial charge in [-0.1, -0.05) is 140 Å². The number of benzene rings is 7. The van der Waals surface area contributed by atoms with Crippen LogP contribution in [0, 0.1) is 0 Å². The Morgan fingerprint density at radius 3 is 1.95 bits per heavy atom. The number of para-hydroxylation sites is 3. The van der Waals surface area contributed by atoms with Crippen molar-refractivity contribution in [2.75, 3.05) is 4.90 Å². The first-order valence-electron chi connectivity index (χ1n) is 19.9. The van der Waals surface area contributed by atoms with E-state index in [1.807, 2.05) is 0 Å². The second-order valence-corrected chi connectivity index (χ2v) is 15.7. The van der Waals surface area contributed by atoms with E-state index < -0.39 is 0 Å². The van der Waals surface area contributed by atoms with Gasteiger partial charge in [0.1, 0.15) is 5.58 Å². The molecule has 12 rings (SSSR count). The molecule has 4 aliphatic rings. The molecule has 1 atom stereocenters. The van der Waals surface area contributed by atoms with Crippen molar-refractivity contribution in [1.29, 1.82) is 0 Å². The van der Waals surface area contributed by atoms with Crippen molar-refractivity contribution in [3.63, 3.8) is 0 Å². The fourth-order valence-electron chi connectivity index (χ4n) is 10.9. The molecule has 7 aromatic carbocycles. The molecule has 0 radical (unpaired) electrons. The minimum absolute atomic E-state index is 0.0144. The van der Waals surface area contributed by atoms with Crippen LogP contribution in [0.5, 0.6) is 0 Å². The molecule has 0 fully saturated rings. The second-order valence-electron chi connectivity index (χ2n) is 15.7. The minimum Gasteiger partial charge on any atom is -0.454 e. The monoisotopic (exact) mass is 705 g/mol. The first-order valence-corrected chi connectivity index (χ1v) is 19.9. The highest BCUT2D eigenvalue weighted by Crippen LogP contribution is 2.65. The van der Waals surface area contributed by atoms with Gasteiger partial charge in [0.25, 0.3) is 0 Å². The molecule has 1 spiro atoms. The maximum Gasteiger partial charge on any atom is 0.159 e. The number of aryl methyl sites for hydroxylation is 1. The molecular weight excluding hydrogens is 667 g/mol. The maximum absolute atomic E-state index is 6.86. The zero-order chi connectivity index (χ0) is 36.1. The SMILES string of the molecule is C1=C(c2cccc3c2CCCC3)C(N(c2ccccc2)c2cccc3c2oc2ccccc23)CC2=C1c1ccccc1C21c2ccccc2-c2ccccc21. The summed E-state index contributed by atoms with van der Waals surface area (Å²) in [6.45, 7) is 0. The fourth-order valence-corrected chi connectivity index (χ4v) is 10.9. The number of hydrogen-bond acceptors (Lipinski definition) is 2. The fraction of sp³-hybridized carbons (Fsp3) is 0.132. The first-order chi connectivity index (χ1) is 27.3.